The summed E-state index contributed by atoms with van der Waals surface area (Å²) in [6.45, 7) is 6.45. The molecule has 0 unspecified atom stereocenters. The van der Waals surface area contributed by atoms with Gasteiger partial charge < -0.3 is 0 Å². The number of rotatable bonds is 1. The van der Waals surface area contributed by atoms with Gasteiger partial charge in [-0.3, -0.25) is 10.1 Å². The topological polar surface area (TPSA) is 41.6 Å². The zero-order chi connectivity index (χ0) is 10.9. The molecule has 2 heterocycles. The van der Waals surface area contributed by atoms with E-state index in [1.807, 2.05) is 18.3 Å². The summed E-state index contributed by atoms with van der Waals surface area (Å²) in [5, 5.41) is 7.35. The van der Waals surface area contributed by atoms with Crippen LogP contribution in [0, 0.1) is 0 Å². The van der Waals surface area contributed by atoms with Crippen LogP contribution in [0.15, 0.2) is 30.6 Å². The largest absolute Gasteiger partial charge is 0.277 e. The van der Waals surface area contributed by atoms with Crippen molar-refractivity contribution in [2.75, 3.05) is 0 Å². The van der Waals surface area contributed by atoms with Gasteiger partial charge in [0.1, 0.15) is 0 Å². The summed E-state index contributed by atoms with van der Waals surface area (Å²) in [6, 6.07) is 6.02. The highest BCUT2D eigenvalue weighted by Gasteiger charge is 2.17. The molecule has 0 aliphatic rings. The lowest BCUT2D eigenvalue weighted by Crippen LogP contribution is -2.11. The Hall–Kier alpha value is -1.64. The standard InChI is InChI=1S/C12H15N3/c1-12(2,3)11-7-10(14-15-11)9-5-4-6-13-8-9/h4-8H,1-3H3,(H,14,15). The van der Waals surface area contributed by atoms with Crippen LogP contribution < -0.4 is 0 Å². The maximum atomic E-state index is 4.31. The van der Waals surface area contributed by atoms with E-state index >= 15 is 0 Å². The zero-order valence-electron chi connectivity index (χ0n) is 9.28. The van der Waals surface area contributed by atoms with E-state index in [1.54, 1.807) is 6.20 Å². The van der Waals surface area contributed by atoms with Crippen molar-refractivity contribution in [2.45, 2.75) is 26.2 Å². The molecule has 0 aliphatic carbocycles. The van der Waals surface area contributed by atoms with Crippen LogP contribution in [0.5, 0.6) is 0 Å². The van der Waals surface area contributed by atoms with E-state index in [1.165, 1.54) is 0 Å². The summed E-state index contributed by atoms with van der Waals surface area (Å²) in [6.07, 6.45) is 3.60. The average molecular weight is 201 g/mol. The molecule has 15 heavy (non-hydrogen) atoms. The Labute approximate surface area is 89.6 Å². The fraction of sp³-hybridized carbons (Fsp3) is 0.333. The van der Waals surface area contributed by atoms with Gasteiger partial charge in [-0.1, -0.05) is 20.8 Å². The summed E-state index contributed by atoms with van der Waals surface area (Å²) in [5.41, 5.74) is 3.24. The Morgan fingerprint density at radius 3 is 2.60 bits per heavy atom. The molecule has 2 rings (SSSR count). The summed E-state index contributed by atoms with van der Waals surface area (Å²) in [4.78, 5) is 4.08. The Kier molecular flexibility index (Phi) is 2.31. The van der Waals surface area contributed by atoms with Gasteiger partial charge in [0.05, 0.1) is 11.4 Å². The lowest BCUT2D eigenvalue weighted by molar-refractivity contribution is 0.567. The van der Waals surface area contributed by atoms with Gasteiger partial charge >= 0.3 is 0 Å². The van der Waals surface area contributed by atoms with Crippen molar-refractivity contribution >= 4 is 0 Å². The summed E-state index contributed by atoms with van der Waals surface area (Å²) >= 11 is 0. The highest BCUT2D eigenvalue weighted by atomic mass is 15.1. The fourth-order valence-corrected chi connectivity index (χ4v) is 1.38. The second kappa shape index (κ2) is 3.50. The van der Waals surface area contributed by atoms with Gasteiger partial charge in [0, 0.05) is 23.4 Å². The normalized spacial score (nSPS) is 11.7. The van der Waals surface area contributed by atoms with Gasteiger partial charge in [0.15, 0.2) is 0 Å². The third-order valence-corrected chi connectivity index (χ3v) is 2.32. The van der Waals surface area contributed by atoms with Gasteiger partial charge in [0.2, 0.25) is 0 Å². The van der Waals surface area contributed by atoms with Crippen LogP contribution in [0.25, 0.3) is 11.3 Å². The molecule has 0 aromatic carbocycles. The number of pyridine rings is 1. The smallest absolute Gasteiger partial charge is 0.0682 e. The predicted octanol–water partition coefficient (Wildman–Crippen LogP) is 2.77. The summed E-state index contributed by atoms with van der Waals surface area (Å²) in [7, 11) is 0. The number of H-pyrrole nitrogens is 1. The van der Waals surface area contributed by atoms with Gasteiger partial charge in [-0.2, -0.15) is 5.10 Å². The molecule has 0 atom stereocenters. The lowest BCUT2D eigenvalue weighted by atomic mass is 9.92. The van der Waals surface area contributed by atoms with Crippen LogP contribution >= 0.6 is 0 Å². The van der Waals surface area contributed by atoms with Crippen molar-refractivity contribution in [3.05, 3.63) is 36.3 Å². The first-order valence-electron chi connectivity index (χ1n) is 5.03. The molecule has 3 nitrogen and oxygen atoms in total. The highest BCUT2D eigenvalue weighted by molar-refractivity contribution is 5.58. The van der Waals surface area contributed by atoms with Gasteiger partial charge in [-0.05, 0) is 18.2 Å². The molecule has 78 valence electrons. The van der Waals surface area contributed by atoms with Crippen LogP contribution in [0.2, 0.25) is 0 Å². The molecule has 0 amide bonds. The summed E-state index contributed by atoms with van der Waals surface area (Å²) < 4.78 is 0. The molecular weight excluding hydrogens is 186 g/mol. The number of aromatic amines is 1. The molecule has 0 saturated carbocycles. The molecule has 0 saturated heterocycles. The number of hydrogen-bond acceptors (Lipinski definition) is 2. The number of nitrogens with zero attached hydrogens (tertiary/aromatic N) is 2. The van der Waals surface area contributed by atoms with Gasteiger partial charge in [-0.25, -0.2) is 0 Å². The first kappa shape index (κ1) is 9.90. The van der Waals surface area contributed by atoms with Crippen molar-refractivity contribution in [1.29, 1.82) is 0 Å². The Morgan fingerprint density at radius 2 is 2.07 bits per heavy atom. The maximum Gasteiger partial charge on any atom is 0.0682 e. The minimum Gasteiger partial charge on any atom is -0.277 e. The van der Waals surface area contributed by atoms with Crippen LogP contribution in [0.4, 0.5) is 0 Å². The Bertz CT molecular complexity index is 437. The first-order valence-corrected chi connectivity index (χ1v) is 5.03. The van der Waals surface area contributed by atoms with Crippen LogP contribution in [-0.4, -0.2) is 15.2 Å². The second-order valence-corrected chi connectivity index (χ2v) is 4.66. The quantitative estimate of drug-likeness (QED) is 0.770. The molecule has 0 fully saturated rings. The number of hydrogen-bond donors (Lipinski definition) is 1. The fourth-order valence-electron chi connectivity index (χ4n) is 1.38. The van der Waals surface area contributed by atoms with E-state index < -0.39 is 0 Å². The van der Waals surface area contributed by atoms with Crippen molar-refractivity contribution in [1.82, 2.24) is 15.2 Å². The van der Waals surface area contributed by atoms with Crippen molar-refractivity contribution in [3.63, 3.8) is 0 Å². The Morgan fingerprint density at radius 1 is 1.27 bits per heavy atom. The molecule has 0 spiro atoms. The van der Waals surface area contributed by atoms with Gasteiger partial charge in [-0.15, -0.1) is 0 Å². The lowest BCUT2D eigenvalue weighted by Gasteiger charge is -2.13. The number of aromatic nitrogens is 3. The van der Waals surface area contributed by atoms with E-state index in [4.69, 9.17) is 0 Å². The van der Waals surface area contributed by atoms with E-state index in [9.17, 15) is 0 Å². The van der Waals surface area contributed by atoms with Crippen LogP contribution in [-0.2, 0) is 5.41 Å². The third kappa shape index (κ3) is 2.06. The van der Waals surface area contributed by atoms with Crippen LogP contribution in [0.1, 0.15) is 26.5 Å². The van der Waals surface area contributed by atoms with Crippen molar-refractivity contribution in [2.24, 2.45) is 0 Å². The maximum absolute atomic E-state index is 4.31. The van der Waals surface area contributed by atoms with E-state index in [0.29, 0.717) is 0 Å². The van der Waals surface area contributed by atoms with Crippen LogP contribution in [0.3, 0.4) is 0 Å². The molecule has 3 heteroatoms. The third-order valence-electron chi connectivity index (χ3n) is 2.32. The monoisotopic (exact) mass is 201 g/mol. The van der Waals surface area contributed by atoms with Gasteiger partial charge in [0.25, 0.3) is 0 Å². The molecule has 0 radical (unpaired) electrons. The number of nitrogens with one attached hydrogen (secondary N) is 1. The average Bonchev–Trinajstić information content (AvgIpc) is 2.67. The van der Waals surface area contributed by atoms with Crippen molar-refractivity contribution < 1.29 is 0 Å². The first-order chi connectivity index (χ1) is 7.07. The second-order valence-electron chi connectivity index (χ2n) is 4.66. The van der Waals surface area contributed by atoms with E-state index in [0.717, 1.165) is 17.0 Å². The van der Waals surface area contributed by atoms with E-state index in [2.05, 4.69) is 42.0 Å². The zero-order valence-corrected chi connectivity index (χ0v) is 9.28. The molecular formula is C12H15N3. The minimum atomic E-state index is 0.0803. The van der Waals surface area contributed by atoms with E-state index in [-0.39, 0.29) is 5.41 Å². The SMILES string of the molecule is CC(C)(C)c1cc(-c2cccnc2)[nH]n1. The molecule has 1 N–H and O–H groups in total. The van der Waals surface area contributed by atoms with Crippen molar-refractivity contribution in [3.8, 4) is 11.3 Å². The predicted molar refractivity (Wildman–Crippen MR) is 60.5 cm³/mol. The highest BCUT2D eigenvalue weighted by Crippen LogP contribution is 2.24. The molecule has 0 aliphatic heterocycles. The molecule has 0 bridgehead atoms. The Balaban J connectivity index is 2.37. The molecule has 2 aromatic rings. The minimum absolute atomic E-state index is 0.0803. The summed E-state index contributed by atoms with van der Waals surface area (Å²) in [5.74, 6) is 0. The molecule has 2 aromatic heterocycles.